The summed E-state index contributed by atoms with van der Waals surface area (Å²) in [6, 6.07) is 12.8. The summed E-state index contributed by atoms with van der Waals surface area (Å²) in [5.74, 6) is -0.884. The van der Waals surface area contributed by atoms with Gasteiger partial charge in [0, 0.05) is 0 Å². The fourth-order valence-electron chi connectivity index (χ4n) is 1.32. The van der Waals surface area contributed by atoms with E-state index in [1.165, 1.54) is 0 Å². The van der Waals surface area contributed by atoms with Gasteiger partial charge in [-0.1, -0.05) is 30.3 Å². The second-order valence-corrected chi connectivity index (χ2v) is 2.87. The Kier molecular flexibility index (Phi) is 3.93. The number of benzene rings is 2. The zero-order valence-electron chi connectivity index (χ0n) is 6.90. The van der Waals surface area contributed by atoms with Crippen molar-refractivity contribution < 1.29 is 9.90 Å². The molecule has 0 heterocycles. The van der Waals surface area contributed by atoms with Crippen LogP contribution in [-0.2, 0) is 0 Å². The summed E-state index contributed by atoms with van der Waals surface area (Å²) in [5, 5.41) is 10.8. The maximum atomic E-state index is 10.6. The van der Waals surface area contributed by atoms with E-state index in [0.29, 0.717) is 5.56 Å². The van der Waals surface area contributed by atoms with Crippen molar-refractivity contribution in [2.75, 3.05) is 0 Å². The predicted octanol–water partition coefficient (Wildman–Crippen LogP) is 1.62. The van der Waals surface area contributed by atoms with Gasteiger partial charge in [-0.3, -0.25) is 0 Å². The third-order valence-electron chi connectivity index (χ3n) is 2.00. The first-order chi connectivity index (χ1) is 6.27. The molecule has 2 aromatic carbocycles. The molecule has 0 saturated heterocycles. The van der Waals surface area contributed by atoms with Gasteiger partial charge in [0.15, 0.2) is 0 Å². The summed E-state index contributed by atoms with van der Waals surface area (Å²) in [7, 11) is 0. The Morgan fingerprint density at radius 1 is 1.00 bits per heavy atom. The number of carboxylic acids is 1. The van der Waals surface area contributed by atoms with E-state index in [0.717, 1.165) is 10.8 Å². The summed E-state index contributed by atoms with van der Waals surface area (Å²) in [5.41, 5.74) is 0.332. The first kappa shape index (κ1) is 11.5. The van der Waals surface area contributed by atoms with Crippen LogP contribution in [0.25, 0.3) is 10.8 Å². The van der Waals surface area contributed by atoms with Crippen LogP contribution >= 0.6 is 0 Å². The monoisotopic (exact) mass is 214 g/mol. The van der Waals surface area contributed by atoms with Gasteiger partial charge in [-0.25, -0.2) is 4.79 Å². The molecular formula is C11H10CaO2. The van der Waals surface area contributed by atoms with E-state index < -0.39 is 5.97 Å². The molecule has 3 heteroatoms. The van der Waals surface area contributed by atoms with E-state index in [2.05, 4.69) is 0 Å². The summed E-state index contributed by atoms with van der Waals surface area (Å²) >= 11 is 0. The number of hydrogen-bond acceptors (Lipinski definition) is 1. The van der Waals surface area contributed by atoms with Crippen molar-refractivity contribution in [1.29, 1.82) is 0 Å². The zero-order chi connectivity index (χ0) is 9.26. The molecule has 0 saturated carbocycles. The van der Waals surface area contributed by atoms with Crippen LogP contribution in [-0.4, -0.2) is 48.8 Å². The molecule has 0 aromatic heterocycles. The molecule has 2 aromatic rings. The van der Waals surface area contributed by atoms with Crippen LogP contribution in [0, 0.1) is 0 Å². The van der Waals surface area contributed by atoms with Crippen LogP contribution in [0.3, 0.4) is 0 Å². The maximum absolute atomic E-state index is 10.6. The molecule has 0 fully saturated rings. The Morgan fingerprint density at radius 2 is 1.64 bits per heavy atom. The Balaban J connectivity index is 0.000000980. The molecule has 0 bridgehead atoms. The van der Waals surface area contributed by atoms with Crippen molar-refractivity contribution in [3.8, 4) is 0 Å². The van der Waals surface area contributed by atoms with Gasteiger partial charge in [-0.05, 0) is 22.9 Å². The fourth-order valence-corrected chi connectivity index (χ4v) is 1.32. The molecule has 2 nitrogen and oxygen atoms in total. The van der Waals surface area contributed by atoms with E-state index in [-0.39, 0.29) is 37.7 Å². The second-order valence-electron chi connectivity index (χ2n) is 2.87. The molecule has 1 N–H and O–H groups in total. The van der Waals surface area contributed by atoms with Gasteiger partial charge in [0.2, 0.25) is 0 Å². The van der Waals surface area contributed by atoms with E-state index in [9.17, 15) is 4.79 Å². The van der Waals surface area contributed by atoms with E-state index in [1.807, 2.05) is 30.3 Å². The average molecular weight is 214 g/mol. The molecular weight excluding hydrogens is 204 g/mol. The number of carboxylic acid groups (broad SMARTS) is 1. The van der Waals surface area contributed by atoms with Gasteiger partial charge in [0.1, 0.15) is 0 Å². The Bertz CT molecular complexity index is 466. The Hall–Kier alpha value is -0.570. The first-order valence-corrected chi connectivity index (χ1v) is 3.99. The van der Waals surface area contributed by atoms with Crippen LogP contribution in [0.4, 0.5) is 0 Å². The molecule has 0 aliphatic heterocycles. The standard InChI is InChI=1S/C11H8O2.Ca.2H/c12-11(13)10-6-5-8-3-1-2-4-9(8)7-10;;;/h1-7H,(H,12,13);;;. The number of hydrogen-bond donors (Lipinski definition) is 1. The molecule has 0 aliphatic rings. The van der Waals surface area contributed by atoms with E-state index in [4.69, 9.17) is 5.11 Å². The van der Waals surface area contributed by atoms with Gasteiger partial charge in [-0.2, -0.15) is 0 Å². The number of fused-ring (bicyclic) bond motifs is 1. The Morgan fingerprint density at radius 3 is 2.29 bits per heavy atom. The molecule has 0 amide bonds. The predicted molar refractivity (Wildman–Crippen MR) is 59.5 cm³/mol. The Labute approximate surface area is 112 Å². The van der Waals surface area contributed by atoms with Crippen LogP contribution in [0.5, 0.6) is 0 Å². The zero-order valence-corrected chi connectivity index (χ0v) is 6.90. The van der Waals surface area contributed by atoms with E-state index in [1.54, 1.807) is 12.1 Å². The van der Waals surface area contributed by atoms with E-state index >= 15 is 0 Å². The molecule has 0 spiro atoms. The SMILES string of the molecule is O=C(O)c1ccc2ccccc2c1.[CaH2]. The molecule has 68 valence electrons. The van der Waals surface area contributed by atoms with Crippen molar-refractivity contribution in [3.63, 3.8) is 0 Å². The average Bonchev–Trinajstić information content (AvgIpc) is 2.17. The normalized spacial score (nSPS) is 9.43. The van der Waals surface area contributed by atoms with Crippen LogP contribution in [0.1, 0.15) is 10.4 Å². The van der Waals surface area contributed by atoms with Gasteiger partial charge in [-0.15, -0.1) is 0 Å². The summed E-state index contributed by atoms with van der Waals surface area (Å²) in [6.45, 7) is 0. The van der Waals surface area contributed by atoms with Crippen molar-refractivity contribution in [2.45, 2.75) is 0 Å². The van der Waals surface area contributed by atoms with Crippen LogP contribution in [0.15, 0.2) is 42.5 Å². The first-order valence-electron chi connectivity index (χ1n) is 3.99. The summed E-state index contributed by atoms with van der Waals surface area (Å²) < 4.78 is 0. The van der Waals surface area contributed by atoms with Crippen molar-refractivity contribution in [2.24, 2.45) is 0 Å². The van der Waals surface area contributed by atoms with Gasteiger partial charge < -0.3 is 5.11 Å². The van der Waals surface area contributed by atoms with Crippen LogP contribution < -0.4 is 0 Å². The topological polar surface area (TPSA) is 37.3 Å². The summed E-state index contributed by atoms with van der Waals surface area (Å²) in [6.07, 6.45) is 0. The minimum atomic E-state index is -0.884. The van der Waals surface area contributed by atoms with Gasteiger partial charge in [0.25, 0.3) is 0 Å². The molecule has 0 atom stereocenters. The van der Waals surface area contributed by atoms with Gasteiger partial charge >= 0.3 is 43.7 Å². The number of carbonyl (C=O) groups is 1. The van der Waals surface area contributed by atoms with Crippen LogP contribution in [0.2, 0.25) is 0 Å². The van der Waals surface area contributed by atoms with Crippen molar-refractivity contribution in [1.82, 2.24) is 0 Å². The third-order valence-corrected chi connectivity index (χ3v) is 2.00. The third kappa shape index (κ3) is 2.26. The second kappa shape index (κ2) is 4.78. The summed E-state index contributed by atoms with van der Waals surface area (Å²) in [4.78, 5) is 10.6. The molecule has 14 heavy (non-hydrogen) atoms. The van der Waals surface area contributed by atoms with Crippen molar-refractivity contribution >= 4 is 54.5 Å². The number of rotatable bonds is 1. The quantitative estimate of drug-likeness (QED) is 0.732. The number of aromatic carboxylic acids is 1. The fraction of sp³-hybridized carbons (Fsp3) is 0. The molecule has 2 rings (SSSR count). The minimum absolute atomic E-state index is 0. The van der Waals surface area contributed by atoms with Crippen molar-refractivity contribution in [3.05, 3.63) is 48.0 Å². The molecule has 0 radical (unpaired) electrons. The molecule has 0 unspecified atom stereocenters. The molecule has 0 aliphatic carbocycles. The van der Waals surface area contributed by atoms with Gasteiger partial charge in [0.05, 0.1) is 5.56 Å².